The van der Waals surface area contributed by atoms with E-state index in [2.05, 4.69) is 20.6 Å². The van der Waals surface area contributed by atoms with E-state index in [0.29, 0.717) is 31.3 Å². The van der Waals surface area contributed by atoms with Gasteiger partial charge in [-0.15, -0.1) is 0 Å². The lowest BCUT2D eigenvalue weighted by Gasteiger charge is -2.12. The smallest absolute Gasteiger partial charge is 0.270 e. The molecule has 0 bridgehead atoms. The van der Waals surface area contributed by atoms with Gasteiger partial charge in [-0.05, 0) is 25.5 Å². The van der Waals surface area contributed by atoms with Crippen LogP contribution in [-0.2, 0) is 4.74 Å². The Bertz CT molecular complexity index is 664. The minimum Gasteiger partial charge on any atom is -0.492 e. The molecule has 24 heavy (non-hydrogen) atoms. The van der Waals surface area contributed by atoms with Gasteiger partial charge >= 0.3 is 0 Å². The van der Waals surface area contributed by atoms with Crippen LogP contribution < -0.4 is 15.4 Å². The molecule has 0 saturated heterocycles. The normalized spacial score (nSPS) is 10.2. The molecule has 0 spiro atoms. The summed E-state index contributed by atoms with van der Waals surface area (Å²) in [4.78, 5) is 20.3. The summed E-state index contributed by atoms with van der Waals surface area (Å²) < 4.78 is 10.5. The Labute approximate surface area is 141 Å². The predicted molar refractivity (Wildman–Crippen MR) is 91.8 cm³/mol. The number of hydrogen-bond acceptors (Lipinski definition) is 6. The van der Waals surface area contributed by atoms with Gasteiger partial charge in [-0.25, -0.2) is 9.97 Å². The predicted octanol–water partition coefficient (Wildman–Crippen LogP) is 2.39. The number of ether oxygens (including phenoxy) is 2. The third kappa shape index (κ3) is 5.20. The average Bonchev–Trinajstić information content (AvgIpc) is 2.61. The molecule has 2 aromatic rings. The number of rotatable bonds is 9. The second-order valence-corrected chi connectivity index (χ2v) is 4.94. The van der Waals surface area contributed by atoms with Crippen LogP contribution in [0.25, 0.3) is 0 Å². The Morgan fingerprint density at radius 2 is 2.08 bits per heavy atom. The van der Waals surface area contributed by atoms with Gasteiger partial charge in [0.05, 0.1) is 12.3 Å². The summed E-state index contributed by atoms with van der Waals surface area (Å²) in [6, 6.07) is 9.16. The third-order valence-corrected chi connectivity index (χ3v) is 3.16. The fraction of sp³-hybridized carbons (Fsp3) is 0.353. The van der Waals surface area contributed by atoms with Crippen molar-refractivity contribution >= 4 is 17.4 Å². The first-order valence-electron chi connectivity index (χ1n) is 7.82. The Kier molecular flexibility index (Phi) is 6.97. The van der Waals surface area contributed by atoms with Crippen molar-refractivity contribution in [2.75, 3.05) is 32.2 Å². The van der Waals surface area contributed by atoms with E-state index in [1.807, 2.05) is 31.2 Å². The zero-order valence-electron chi connectivity index (χ0n) is 13.9. The monoisotopic (exact) mass is 330 g/mol. The molecule has 0 saturated carbocycles. The van der Waals surface area contributed by atoms with Crippen molar-refractivity contribution in [2.24, 2.45) is 0 Å². The highest BCUT2D eigenvalue weighted by molar-refractivity contribution is 5.93. The van der Waals surface area contributed by atoms with E-state index in [4.69, 9.17) is 9.47 Å². The van der Waals surface area contributed by atoms with E-state index in [0.717, 1.165) is 17.9 Å². The molecule has 0 atom stereocenters. The van der Waals surface area contributed by atoms with Crippen molar-refractivity contribution in [3.8, 4) is 5.75 Å². The first-order valence-corrected chi connectivity index (χ1v) is 7.82. The summed E-state index contributed by atoms with van der Waals surface area (Å²) in [6.07, 6.45) is 2.11. The van der Waals surface area contributed by atoms with E-state index in [1.54, 1.807) is 13.2 Å². The van der Waals surface area contributed by atoms with E-state index in [-0.39, 0.29) is 5.91 Å². The number of carbonyl (C=O) groups is 1. The van der Waals surface area contributed by atoms with Gasteiger partial charge < -0.3 is 20.1 Å². The van der Waals surface area contributed by atoms with Crippen LogP contribution in [0, 0.1) is 0 Å². The van der Waals surface area contributed by atoms with Gasteiger partial charge in [-0.3, -0.25) is 4.79 Å². The number of benzene rings is 1. The topological polar surface area (TPSA) is 85.4 Å². The average molecular weight is 330 g/mol. The zero-order valence-corrected chi connectivity index (χ0v) is 13.9. The lowest BCUT2D eigenvalue weighted by Crippen LogP contribution is -2.26. The lowest BCUT2D eigenvalue weighted by molar-refractivity contribution is 0.0943. The SMILES string of the molecule is CCOc1ccccc1Nc1cc(C(=O)NCCCOC)ncn1. The molecule has 0 fully saturated rings. The van der Waals surface area contributed by atoms with Crippen LogP contribution in [0.3, 0.4) is 0 Å². The Balaban J connectivity index is 2.04. The summed E-state index contributed by atoms with van der Waals surface area (Å²) in [5.41, 5.74) is 1.09. The van der Waals surface area contributed by atoms with Gasteiger partial charge in [0.2, 0.25) is 0 Å². The number of amides is 1. The van der Waals surface area contributed by atoms with E-state index < -0.39 is 0 Å². The number of nitrogens with zero attached hydrogens (tertiary/aromatic N) is 2. The summed E-state index contributed by atoms with van der Waals surface area (Å²) in [6.45, 7) is 3.63. The van der Waals surface area contributed by atoms with Crippen molar-refractivity contribution in [3.63, 3.8) is 0 Å². The van der Waals surface area contributed by atoms with Gasteiger partial charge in [0.1, 0.15) is 23.6 Å². The van der Waals surface area contributed by atoms with Crippen molar-refractivity contribution in [2.45, 2.75) is 13.3 Å². The molecule has 0 aliphatic rings. The number of carbonyl (C=O) groups excluding carboxylic acids is 1. The van der Waals surface area contributed by atoms with Gasteiger partial charge in [0.15, 0.2) is 0 Å². The maximum Gasteiger partial charge on any atom is 0.270 e. The fourth-order valence-corrected chi connectivity index (χ4v) is 2.05. The van der Waals surface area contributed by atoms with E-state index in [9.17, 15) is 4.79 Å². The number of hydrogen-bond donors (Lipinski definition) is 2. The highest BCUT2D eigenvalue weighted by Gasteiger charge is 2.09. The van der Waals surface area contributed by atoms with Gasteiger partial charge in [-0.2, -0.15) is 0 Å². The van der Waals surface area contributed by atoms with Crippen LogP contribution in [0.1, 0.15) is 23.8 Å². The summed E-state index contributed by atoms with van der Waals surface area (Å²) in [7, 11) is 1.63. The van der Waals surface area contributed by atoms with Crippen molar-refractivity contribution < 1.29 is 14.3 Å². The largest absolute Gasteiger partial charge is 0.492 e. The van der Waals surface area contributed by atoms with Crippen LogP contribution in [0.2, 0.25) is 0 Å². The van der Waals surface area contributed by atoms with Crippen molar-refractivity contribution in [1.29, 1.82) is 0 Å². The molecule has 7 heteroatoms. The molecule has 0 radical (unpaired) electrons. The van der Waals surface area contributed by atoms with E-state index in [1.165, 1.54) is 6.33 Å². The number of para-hydroxylation sites is 2. The van der Waals surface area contributed by atoms with Crippen LogP contribution in [0.4, 0.5) is 11.5 Å². The van der Waals surface area contributed by atoms with Crippen LogP contribution >= 0.6 is 0 Å². The molecular formula is C17H22N4O3. The molecule has 1 aromatic heterocycles. The molecule has 2 rings (SSSR count). The summed E-state index contributed by atoms with van der Waals surface area (Å²) in [5, 5.41) is 5.95. The van der Waals surface area contributed by atoms with Crippen LogP contribution in [0.15, 0.2) is 36.7 Å². The molecule has 1 amide bonds. The highest BCUT2D eigenvalue weighted by atomic mass is 16.5. The number of aromatic nitrogens is 2. The van der Waals surface area contributed by atoms with Crippen LogP contribution in [0.5, 0.6) is 5.75 Å². The highest BCUT2D eigenvalue weighted by Crippen LogP contribution is 2.26. The molecule has 128 valence electrons. The fourth-order valence-electron chi connectivity index (χ4n) is 2.05. The first-order chi connectivity index (χ1) is 11.7. The number of nitrogens with one attached hydrogen (secondary N) is 2. The molecule has 0 aliphatic carbocycles. The number of methoxy groups -OCH3 is 1. The zero-order chi connectivity index (χ0) is 17.2. The molecule has 0 aliphatic heterocycles. The molecule has 1 heterocycles. The van der Waals surface area contributed by atoms with Crippen molar-refractivity contribution in [1.82, 2.24) is 15.3 Å². The Hall–Kier alpha value is -2.67. The minimum absolute atomic E-state index is 0.241. The molecule has 2 N–H and O–H groups in total. The number of anilines is 2. The Morgan fingerprint density at radius 3 is 2.88 bits per heavy atom. The molecular weight excluding hydrogens is 308 g/mol. The minimum atomic E-state index is -0.241. The summed E-state index contributed by atoms with van der Waals surface area (Å²) in [5.74, 6) is 1.01. The standard InChI is InChI=1S/C17H22N4O3/c1-3-24-15-8-5-4-7-13(15)21-16-11-14(19-12-20-16)17(22)18-9-6-10-23-2/h4-5,7-8,11-12H,3,6,9-10H2,1-2H3,(H,18,22)(H,19,20,21). The van der Waals surface area contributed by atoms with Crippen molar-refractivity contribution in [3.05, 3.63) is 42.4 Å². The van der Waals surface area contributed by atoms with E-state index >= 15 is 0 Å². The maximum atomic E-state index is 12.1. The second kappa shape index (κ2) is 9.46. The van der Waals surface area contributed by atoms with Gasteiger partial charge in [0.25, 0.3) is 5.91 Å². The molecule has 7 nitrogen and oxygen atoms in total. The quantitative estimate of drug-likeness (QED) is 0.687. The second-order valence-electron chi connectivity index (χ2n) is 4.94. The van der Waals surface area contributed by atoms with Gasteiger partial charge in [0, 0.05) is 26.3 Å². The Morgan fingerprint density at radius 1 is 1.25 bits per heavy atom. The lowest BCUT2D eigenvalue weighted by atomic mass is 10.3. The summed E-state index contributed by atoms with van der Waals surface area (Å²) >= 11 is 0. The van der Waals surface area contributed by atoms with Crippen LogP contribution in [-0.4, -0.2) is 42.7 Å². The molecule has 1 aromatic carbocycles. The third-order valence-electron chi connectivity index (χ3n) is 3.16. The maximum absolute atomic E-state index is 12.1. The molecule has 0 unspecified atom stereocenters. The first kappa shape index (κ1) is 17.7. The van der Waals surface area contributed by atoms with Gasteiger partial charge in [-0.1, -0.05) is 12.1 Å².